The van der Waals surface area contributed by atoms with Gasteiger partial charge >= 0.3 is 42.0 Å². The van der Waals surface area contributed by atoms with Crippen LogP contribution in [-0.4, -0.2) is 220 Å². The van der Waals surface area contributed by atoms with E-state index >= 15 is 0 Å². The SMILES string of the molecule is COC(=O)C(CCCCN)NC(=O)[C@@H](CCCCN)NC(=O)OC(C)(C)C.COC(=O)C(CCCCN)NC(=O)[C@@H](CCCCNC(=O)C(O)C(O)C(O)C(O)C(=O)O)NC(=O)OC(C)(C)C.O=C1OC2C(OC(=O)[C@@H]2O)[C@@H]1O. The van der Waals surface area contributed by atoms with Gasteiger partial charge in [0.15, 0.2) is 36.6 Å². The molecular formula is C48H86N8O23. The largest absolute Gasteiger partial charge is 0.479 e. The highest BCUT2D eigenvalue weighted by Crippen LogP contribution is 2.28. The van der Waals surface area contributed by atoms with Crippen molar-refractivity contribution in [2.75, 3.05) is 40.4 Å². The van der Waals surface area contributed by atoms with Gasteiger partial charge in [0.2, 0.25) is 11.8 Å². The predicted molar refractivity (Wildman–Crippen MR) is 273 cm³/mol. The number of hydrogen-bond donors (Lipinski definition) is 15. The van der Waals surface area contributed by atoms with E-state index in [0.717, 1.165) is 12.8 Å². The van der Waals surface area contributed by atoms with Gasteiger partial charge in [-0.3, -0.25) is 14.4 Å². The minimum absolute atomic E-state index is 0.0618. The van der Waals surface area contributed by atoms with Crippen molar-refractivity contribution < 1.29 is 112 Å². The number of carboxylic acids is 1. The first-order valence-corrected chi connectivity index (χ1v) is 25.7. The van der Waals surface area contributed by atoms with Gasteiger partial charge in [0.05, 0.1) is 14.2 Å². The monoisotopic (exact) mass is 1140 g/mol. The van der Waals surface area contributed by atoms with Gasteiger partial charge in [-0.05, 0) is 138 Å². The lowest BCUT2D eigenvalue weighted by Gasteiger charge is -2.25. The zero-order valence-corrected chi connectivity index (χ0v) is 46.1. The van der Waals surface area contributed by atoms with Crippen LogP contribution in [0.2, 0.25) is 0 Å². The van der Waals surface area contributed by atoms with E-state index in [2.05, 4.69) is 36.1 Å². The van der Waals surface area contributed by atoms with Crippen LogP contribution in [-0.2, 0) is 66.8 Å². The second-order valence-corrected chi connectivity index (χ2v) is 20.1. The number of ether oxygens (including phenoxy) is 6. The Morgan fingerprint density at radius 3 is 1.16 bits per heavy atom. The molecule has 12 atom stereocenters. The molecule has 0 spiro atoms. The number of carbonyl (C=O) groups excluding carboxylic acids is 9. The second-order valence-electron chi connectivity index (χ2n) is 20.1. The first kappa shape index (κ1) is 72.9. The van der Waals surface area contributed by atoms with E-state index in [-0.39, 0.29) is 32.2 Å². The smallest absolute Gasteiger partial charge is 0.408 e. The molecule has 0 aromatic rings. The summed E-state index contributed by atoms with van der Waals surface area (Å²) in [6, 6.07) is -3.69. The Hall–Kier alpha value is -6.06. The lowest BCUT2D eigenvalue weighted by molar-refractivity contribution is -0.166. The molecule has 0 radical (unpaired) electrons. The first-order chi connectivity index (χ1) is 36.8. The summed E-state index contributed by atoms with van der Waals surface area (Å²) in [7, 11) is 2.45. The summed E-state index contributed by atoms with van der Waals surface area (Å²) in [5.41, 5.74) is 14.9. The number of alkyl carbamates (subject to hydrolysis) is 2. The molecule has 2 fully saturated rings. The van der Waals surface area contributed by atoms with Gasteiger partial charge in [0.1, 0.15) is 47.6 Å². The van der Waals surface area contributed by atoms with Gasteiger partial charge < -0.3 is 108 Å². The van der Waals surface area contributed by atoms with E-state index in [4.69, 9.17) is 51.5 Å². The molecule has 2 rings (SSSR count). The number of fused-ring (bicyclic) bond motifs is 1. The van der Waals surface area contributed by atoms with Crippen LogP contribution < -0.4 is 43.8 Å². The number of carbonyl (C=O) groups is 10. The molecule has 2 aliphatic rings. The molecule has 0 aromatic heterocycles. The molecule has 0 saturated carbocycles. The van der Waals surface area contributed by atoms with E-state index in [1.807, 2.05) is 0 Å². The van der Waals surface area contributed by atoms with Gasteiger partial charge in [0.25, 0.3) is 5.91 Å². The van der Waals surface area contributed by atoms with Crippen molar-refractivity contribution in [1.29, 1.82) is 0 Å². The third-order valence-electron chi connectivity index (χ3n) is 11.1. The number of nitrogens with two attached hydrogens (primary N) is 3. The summed E-state index contributed by atoms with van der Waals surface area (Å²) in [6.07, 6.45) is -10.2. The maximum absolute atomic E-state index is 13.0. The Morgan fingerprint density at radius 2 is 0.848 bits per heavy atom. The van der Waals surface area contributed by atoms with Crippen molar-refractivity contribution >= 4 is 59.8 Å². The number of unbranched alkanes of at least 4 members (excludes halogenated alkanes) is 4. The van der Waals surface area contributed by atoms with Crippen molar-refractivity contribution in [3.8, 4) is 0 Å². The third-order valence-corrected chi connectivity index (χ3v) is 11.1. The summed E-state index contributed by atoms with van der Waals surface area (Å²) in [4.78, 5) is 118. The van der Waals surface area contributed by atoms with Gasteiger partial charge in [-0.1, -0.05) is 0 Å². The van der Waals surface area contributed by atoms with Crippen molar-refractivity contribution in [2.45, 2.75) is 203 Å². The minimum Gasteiger partial charge on any atom is -0.479 e. The highest BCUT2D eigenvalue weighted by atomic mass is 16.7. The number of esters is 4. The molecule has 2 heterocycles. The lowest BCUT2D eigenvalue weighted by atomic mass is 10.0. The average molecular weight is 1140 g/mol. The molecule has 0 aliphatic carbocycles. The van der Waals surface area contributed by atoms with Crippen molar-refractivity contribution in [3.63, 3.8) is 0 Å². The summed E-state index contributed by atoms with van der Waals surface area (Å²) in [6.45, 7) is 11.5. The fourth-order valence-corrected chi connectivity index (χ4v) is 7.01. The number of rotatable bonds is 30. The summed E-state index contributed by atoms with van der Waals surface area (Å²) in [5.74, 6) is -7.03. The van der Waals surface area contributed by atoms with E-state index < -0.39 is 144 Å². The Bertz CT molecular complexity index is 1930. The molecule has 456 valence electrons. The van der Waals surface area contributed by atoms with Crippen LogP contribution in [0.3, 0.4) is 0 Å². The second kappa shape index (κ2) is 37.0. The Labute approximate surface area is 458 Å². The molecule has 2 aliphatic heterocycles. The highest BCUT2D eigenvalue weighted by Gasteiger charge is 2.57. The number of methoxy groups -OCH3 is 2. The first-order valence-electron chi connectivity index (χ1n) is 25.7. The molecule has 5 amide bonds. The van der Waals surface area contributed by atoms with Crippen molar-refractivity contribution in [3.05, 3.63) is 0 Å². The predicted octanol–water partition coefficient (Wildman–Crippen LogP) is -4.16. The number of aliphatic hydroxyl groups excluding tert-OH is 6. The number of nitrogens with one attached hydrogen (secondary N) is 5. The minimum atomic E-state index is -2.42. The average Bonchev–Trinajstić information content (AvgIpc) is 3.81. The maximum Gasteiger partial charge on any atom is 0.408 e. The van der Waals surface area contributed by atoms with E-state index in [1.54, 1.807) is 41.5 Å². The fraction of sp³-hybridized carbons (Fsp3) is 0.792. The molecule has 31 heteroatoms. The van der Waals surface area contributed by atoms with Crippen molar-refractivity contribution in [1.82, 2.24) is 26.6 Å². The zero-order valence-electron chi connectivity index (χ0n) is 46.1. The number of carboxylic acid groups (broad SMARTS) is 1. The van der Waals surface area contributed by atoms with Crippen LogP contribution in [0, 0.1) is 0 Å². The van der Waals surface area contributed by atoms with Gasteiger partial charge in [-0.15, -0.1) is 0 Å². The summed E-state index contributed by atoms with van der Waals surface area (Å²) >= 11 is 0. The van der Waals surface area contributed by atoms with E-state index in [1.165, 1.54) is 14.2 Å². The summed E-state index contributed by atoms with van der Waals surface area (Å²) in [5, 5.41) is 77.7. The van der Waals surface area contributed by atoms with Crippen LogP contribution in [0.25, 0.3) is 0 Å². The Morgan fingerprint density at radius 1 is 0.519 bits per heavy atom. The molecule has 31 nitrogen and oxygen atoms in total. The van der Waals surface area contributed by atoms with Crippen LogP contribution >= 0.6 is 0 Å². The van der Waals surface area contributed by atoms with E-state index in [0.29, 0.717) is 58.2 Å². The molecule has 79 heavy (non-hydrogen) atoms. The van der Waals surface area contributed by atoms with Gasteiger partial charge in [-0.2, -0.15) is 0 Å². The van der Waals surface area contributed by atoms with Gasteiger partial charge in [0, 0.05) is 6.54 Å². The lowest BCUT2D eigenvalue weighted by Crippen LogP contribution is -2.53. The number of aliphatic carboxylic acids is 1. The quantitative estimate of drug-likeness (QED) is 0.0184. The van der Waals surface area contributed by atoms with Crippen LogP contribution in [0.4, 0.5) is 9.59 Å². The van der Waals surface area contributed by atoms with Crippen LogP contribution in [0.15, 0.2) is 0 Å². The third kappa shape index (κ3) is 28.6. The maximum atomic E-state index is 13.0. The topological polar surface area (TPSA) is 506 Å². The molecule has 0 bridgehead atoms. The Kier molecular flexibility index (Phi) is 34.1. The molecular weight excluding hydrogens is 1060 g/mol. The summed E-state index contributed by atoms with van der Waals surface area (Å²) < 4.78 is 28.9. The molecule has 8 unspecified atom stereocenters. The Balaban J connectivity index is 0.00000132. The molecule has 0 aromatic carbocycles. The number of hydrogen-bond acceptors (Lipinski definition) is 25. The van der Waals surface area contributed by atoms with Crippen LogP contribution in [0.1, 0.15) is 119 Å². The standard InChI is InChI=1S/C24H44N4O12.C18H36N4O5.C6H6O6/c1-24(2,3)40-23(38)28-13(19(33)27-14(22(37)39-4)10-5-7-11-25)9-6-8-12-26-20(34)17(31)15(29)16(30)18(32)21(35)36;1-18(2,3)27-17(25)22-13(9-5-7-11-19)15(23)21-14(16(24)26-4)10-6-8-12-20;7-1-3-4(12-5(1)9)2(8)6(10)11-3/h13-18,29-32H,5-12,25H2,1-4H3,(H,26,34)(H,27,33)(H,28,38)(H,35,36);13-14H,5-12,19-20H2,1-4H3,(H,21,23)(H,22,25);1-4,7-8H/t13-,14?,15?,16?,17?,18?;13-,14?;1-,2+,3?,4?/m11./s1. The van der Waals surface area contributed by atoms with Crippen molar-refractivity contribution in [2.24, 2.45) is 17.2 Å². The number of aliphatic hydroxyl groups is 6. The molecule has 2 saturated heterocycles. The fourth-order valence-electron chi connectivity index (χ4n) is 7.01. The van der Waals surface area contributed by atoms with Gasteiger partial charge in [-0.25, -0.2) is 33.6 Å². The zero-order chi connectivity index (χ0) is 60.8. The van der Waals surface area contributed by atoms with Crippen LogP contribution in [0.5, 0.6) is 0 Å². The molecule has 18 N–H and O–H groups in total. The normalized spacial score (nSPS) is 19.6. The highest BCUT2D eigenvalue weighted by molar-refractivity contribution is 5.91. The van der Waals surface area contributed by atoms with E-state index in [9.17, 15) is 68.4 Å². The number of amides is 5.